The van der Waals surface area contributed by atoms with E-state index in [9.17, 15) is 4.79 Å². The molecular weight excluding hydrogens is 404 g/mol. The third-order valence-corrected chi connectivity index (χ3v) is 5.84. The first kappa shape index (κ1) is 19.9. The minimum absolute atomic E-state index is 0.213. The third-order valence-electron chi connectivity index (χ3n) is 5.84. The van der Waals surface area contributed by atoms with E-state index >= 15 is 0 Å². The fraction of sp³-hybridized carbons (Fsp3) is 0.292. The first-order chi connectivity index (χ1) is 15.7. The second-order valence-corrected chi connectivity index (χ2v) is 7.95. The van der Waals surface area contributed by atoms with Crippen LogP contribution >= 0.6 is 0 Å². The molecule has 2 aromatic carbocycles. The van der Waals surface area contributed by atoms with Gasteiger partial charge in [0.25, 0.3) is 5.89 Å². The van der Waals surface area contributed by atoms with Gasteiger partial charge in [-0.1, -0.05) is 5.16 Å². The number of nitrogens with zero attached hydrogens (tertiary/aromatic N) is 6. The van der Waals surface area contributed by atoms with Crippen molar-refractivity contribution in [2.45, 2.75) is 32.2 Å². The number of imidazole rings is 1. The van der Waals surface area contributed by atoms with Crippen molar-refractivity contribution in [2.75, 3.05) is 13.1 Å². The van der Waals surface area contributed by atoms with Crippen LogP contribution in [0.15, 0.2) is 53.3 Å². The molecule has 0 aliphatic carbocycles. The molecule has 160 valence electrons. The molecule has 1 aliphatic heterocycles. The molecule has 1 amide bonds. The minimum atomic E-state index is 0.213. The Morgan fingerprint density at radius 3 is 2.62 bits per heavy atom. The zero-order chi connectivity index (χ0) is 21.9. The SMILES string of the molecule is N#Cc1ccc(-c2nc(-c3ccc4c(c3)ncn4CCC(=O)N3CCCCC3)no2)cc1. The molecule has 0 saturated carbocycles. The molecule has 8 nitrogen and oxygen atoms in total. The van der Waals surface area contributed by atoms with Gasteiger partial charge in [-0.05, 0) is 61.7 Å². The van der Waals surface area contributed by atoms with Crippen molar-refractivity contribution in [1.29, 1.82) is 5.26 Å². The number of nitriles is 1. The monoisotopic (exact) mass is 426 g/mol. The van der Waals surface area contributed by atoms with Crippen molar-refractivity contribution < 1.29 is 9.32 Å². The maximum absolute atomic E-state index is 12.5. The van der Waals surface area contributed by atoms with E-state index in [2.05, 4.69) is 21.2 Å². The number of amides is 1. The van der Waals surface area contributed by atoms with Crippen LogP contribution < -0.4 is 0 Å². The third kappa shape index (κ3) is 3.97. The van der Waals surface area contributed by atoms with E-state index in [1.165, 1.54) is 6.42 Å². The molecule has 1 saturated heterocycles. The van der Waals surface area contributed by atoms with Crippen LogP contribution in [0.5, 0.6) is 0 Å². The Morgan fingerprint density at radius 2 is 1.84 bits per heavy atom. The summed E-state index contributed by atoms with van der Waals surface area (Å²) in [5.41, 5.74) is 3.92. The van der Waals surface area contributed by atoms with Gasteiger partial charge in [-0.2, -0.15) is 10.2 Å². The number of hydrogen-bond acceptors (Lipinski definition) is 6. The number of benzene rings is 2. The molecule has 32 heavy (non-hydrogen) atoms. The molecule has 0 bridgehead atoms. The smallest absolute Gasteiger partial charge is 0.258 e. The Labute approximate surface area is 185 Å². The lowest BCUT2D eigenvalue weighted by molar-refractivity contribution is -0.132. The van der Waals surface area contributed by atoms with E-state index in [4.69, 9.17) is 9.78 Å². The highest BCUT2D eigenvalue weighted by atomic mass is 16.5. The summed E-state index contributed by atoms with van der Waals surface area (Å²) in [6.07, 6.45) is 5.67. The van der Waals surface area contributed by atoms with E-state index in [1.54, 1.807) is 30.6 Å². The maximum Gasteiger partial charge on any atom is 0.258 e. The second kappa shape index (κ2) is 8.63. The van der Waals surface area contributed by atoms with Gasteiger partial charge in [-0.15, -0.1) is 0 Å². The number of carbonyl (C=O) groups is 1. The molecule has 4 aromatic rings. The molecule has 0 spiro atoms. The van der Waals surface area contributed by atoms with Gasteiger partial charge in [0, 0.05) is 37.2 Å². The van der Waals surface area contributed by atoms with E-state index in [0.29, 0.717) is 30.2 Å². The molecule has 5 rings (SSSR count). The Morgan fingerprint density at radius 1 is 1.06 bits per heavy atom. The van der Waals surface area contributed by atoms with Crippen LogP contribution in [-0.4, -0.2) is 43.6 Å². The fourth-order valence-corrected chi connectivity index (χ4v) is 4.04. The summed E-state index contributed by atoms with van der Waals surface area (Å²) >= 11 is 0. The molecule has 2 aromatic heterocycles. The number of rotatable bonds is 5. The predicted molar refractivity (Wildman–Crippen MR) is 118 cm³/mol. The molecule has 0 N–H and O–H groups in total. The first-order valence-corrected chi connectivity index (χ1v) is 10.8. The molecule has 0 atom stereocenters. The largest absolute Gasteiger partial charge is 0.343 e. The molecule has 1 fully saturated rings. The average molecular weight is 426 g/mol. The van der Waals surface area contributed by atoms with Gasteiger partial charge in [0.15, 0.2) is 0 Å². The fourth-order valence-electron chi connectivity index (χ4n) is 4.04. The molecule has 0 unspecified atom stereocenters. The van der Waals surface area contributed by atoms with Crippen LogP contribution in [0.25, 0.3) is 33.9 Å². The maximum atomic E-state index is 12.5. The second-order valence-electron chi connectivity index (χ2n) is 7.95. The number of hydrogen-bond donors (Lipinski definition) is 0. The highest BCUT2D eigenvalue weighted by Crippen LogP contribution is 2.25. The molecule has 1 aliphatic rings. The van der Waals surface area contributed by atoms with E-state index in [-0.39, 0.29) is 5.91 Å². The van der Waals surface area contributed by atoms with Gasteiger partial charge in [0.05, 0.1) is 29.0 Å². The van der Waals surface area contributed by atoms with Crippen LogP contribution in [-0.2, 0) is 11.3 Å². The first-order valence-electron chi connectivity index (χ1n) is 10.8. The van der Waals surface area contributed by atoms with Gasteiger partial charge < -0.3 is 14.0 Å². The lowest BCUT2D eigenvalue weighted by Gasteiger charge is -2.26. The summed E-state index contributed by atoms with van der Waals surface area (Å²) in [4.78, 5) is 23.4. The predicted octanol–water partition coefficient (Wildman–Crippen LogP) is 4.03. The molecule has 8 heteroatoms. The summed E-state index contributed by atoms with van der Waals surface area (Å²) in [7, 11) is 0. The minimum Gasteiger partial charge on any atom is -0.343 e. The van der Waals surface area contributed by atoms with Crippen LogP contribution in [0.4, 0.5) is 0 Å². The van der Waals surface area contributed by atoms with Crippen molar-refractivity contribution in [2.24, 2.45) is 0 Å². The number of piperidine rings is 1. The summed E-state index contributed by atoms with van der Waals surface area (Å²) in [5, 5.41) is 13.0. The highest BCUT2D eigenvalue weighted by Gasteiger charge is 2.17. The zero-order valence-corrected chi connectivity index (χ0v) is 17.6. The van der Waals surface area contributed by atoms with Gasteiger partial charge in [0.2, 0.25) is 11.7 Å². The number of likely N-dealkylation sites (tertiary alicyclic amines) is 1. The standard InChI is InChI=1S/C24H22N6O2/c25-15-17-4-6-18(7-5-17)24-27-23(28-32-24)19-8-9-21-20(14-19)26-16-30(21)13-10-22(31)29-11-2-1-3-12-29/h4-9,14,16H,1-3,10-13H2. The van der Waals surface area contributed by atoms with Gasteiger partial charge >= 0.3 is 0 Å². The van der Waals surface area contributed by atoms with Gasteiger partial charge in [0.1, 0.15) is 0 Å². The van der Waals surface area contributed by atoms with Crippen molar-refractivity contribution >= 4 is 16.9 Å². The Bertz CT molecular complexity index is 1290. The summed E-state index contributed by atoms with van der Waals surface area (Å²) < 4.78 is 7.42. The number of aromatic nitrogens is 4. The molecule has 0 radical (unpaired) electrons. The lowest BCUT2D eigenvalue weighted by atomic mass is 10.1. The van der Waals surface area contributed by atoms with Gasteiger partial charge in [-0.3, -0.25) is 4.79 Å². The summed E-state index contributed by atoms with van der Waals surface area (Å²) in [6, 6.07) is 14.9. The topological polar surface area (TPSA) is 101 Å². The Hall–Kier alpha value is -3.99. The zero-order valence-electron chi connectivity index (χ0n) is 17.6. The molecular formula is C24H22N6O2. The van der Waals surface area contributed by atoms with Crippen molar-refractivity contribution in [3.63, 3.8) is 0 Å². The van der Waals surface area contributed by atoms with E-state index < -0.39 is 0 Å². The van der Waals surface area contributed by atoms with E-state index in [0.717, 1.165) is 48.1 Å². The summed E-state index contributed by atoms with van der Waals surface area (Å²) in [6.45, 7) is 2.36. The van der Waals surface area contributed by atoms with Crippen molar-refractivity contribution in [1.82, 2.24) is 24.6 Å². The summed E-state index contributed by atoms with van der Waals surface area (Å²) in [5.74, 6) is 1.08. The Balaban J connectivity index is 1.31. The van der Waals surface area contributed by atoms with E-state index in [1.807, 2.05) is 27.7 Å². The normalized spacial score (nSPS) is 13.9. The highest BCUT2D eigenvalue weighted by molar-refractivity contribution is 5.81. The van der Waals surface area contributed by atoms with Crippen LogP contribution in [0.2, 0.25) is 0 Å². The number of fused-ring (bicyclic) bond motifs is 1. The average Bonchev–Trinajstić information content (AvgIpc) is 3.50. The van der Waals surface area contributed by atoms with Crippen LogP contribution in [0.1, 0.15) is 31.2 Å². The number of aryl methyl sites for hydroxylation is 1. The number of carbonyl (C=O) groups excluding carboxylic acids is 1. The lowest BCUT2D eigenvalue weighted by Crippen LogP contribution is -2.35. The molecule has 3 heterocycles. The van der Waals surface area contributed by atoms with Crippen LogP contribution in [0.3, 0.4) is 0 Å². The van der Waals surface area contributed by atoms with Crippen LogP contribution in [0, 0.1) is 11.3 Å². The van der Waals surface area contributed by atoms with Crippen molar-refractivity contribution in [3.8, 4) is 28.9 Å². The quantitative estimate of drug-likeness (QED) is 0.478. The van der Waals surface area contributed by atoms with Gasteiger partial charge in [-0.25, -0.2) is 4.98 Å². The Kier molecular flexibility index (Phi) is 5.38. The van der Waals surface area contributed by atoms with Crippen molar-refractivity contribution in [3.05, 3.63) is 54.4 Å².